The number of fused-ring (bicyclic) bond motifs is 1. The molecule has 4 rings (SSSR count). The largest absolute Gasteiger partial charge is 0.332 e. The standard InChI is InChI=1S/C22H18FN5O4/c1-26-17(11-18(29)27(2)22(26)32)25-20(30)16-10-14-4-3-9-24-19(14)28(21(16)31)12-13-5-7-15(23)8-6-13/h3-11H,12H2,1-2H3,(H,25,30). The Balaban J connectivity index is 1.81. The number of rotatable bonds is 4. The van der Waals surface area contributed by atoms with Crippen molar-refractivity contribution in [3.63, 3.8) is 0 Å². The van der Waals surface area contributed by atoms with E-state index in [1.54, 1.807) is 24.3 Å². The highest BCUT2D eigenvalue weighted by molar-refractivity contribution is 6.05. The molecule has 0 aliphatic carbocycles. The van der Waals surface area contributed by atoms with Gasteiger partial charge in [-0.1, -0.05) is 12.1 Å². The summed E-state index contributed by atoms with van der Waals surface area (Å²) in [5.74, 6) is -1.23. The number of nitrogens with one attached hydrogen (secondary N) is 1. The average molecular weight is 435 g/mol. The summed E-state index contributed by atoms with van der Waals surface area (Å²) in [7, 11) is 2.72. The molecule has 32 heavy (non-hydrogen) atoms. The zero-order valence-electron chi connectivity index (χ0n) is 17.2. The van der Waals surface area contributed by atoms with E-state index < -0.39 is 28.5 Å². The van der Waals surface area contributed by atoms with E-state index in [0.29, 0.717) is 16.6 Å². The van der Waals surface area contributed by atoms with Gasteiger partial charge in [-0.25, -0.2) is 14.2 Å². The van der Waals surface area contributed by atoms with Gasteiger partial charge in [0.25, 0.3) is 17.0 Å². The summed E-state index contributed by atoms with van der Waals surface area (Å²) in [6.45, 7) is 0.0676. The van der Waals surface area contributed by atoms with Crippen LogP contribution in [0.1, 0.15) is 15.9 Å². The zero-order valence-corrected chi connectivity index (χ0v) is 17.2. The molecule has 0 bridgehead atoms. The lowest BCUT2D eigenvalue weighted by atomic mass is 10.1. The molecule has 0 aliphatic rings. The predicted octanol–water partition coefficient (Wildman–Crippen LogP) is 1.23. The highest BCUT2D eigenvalue weighted by Gasteiger charge is 2.18. The number of anilines is 1. The molecule has 0 unspecified atom stereocenters. The molecule has 0 radical (unpaired) electrons. The Morgan fingerprint density at radius 3 is 2.47 bits per heavy atom. The van der Waals surface area contributed by atoms with Crippen LogP contribution >= 0.6 is 0 Å². The van der Waals surface area contributed by atoms with Crippen molar-refractivity contribution in [3.8, 4) is 0 Å². The molecule has 162 valence electrons. The first kappa shape index (κ1) is 20.9. The molecular formula is C22H18FN5O4. The van der Waals surface area contributed by atoms with Crippen LogP contribution in [0.15, 0.2) is 69.1 Å². The second kappa shape index (κ2) is 8.06. The zero-order chi connectivity index (χ0) is 23.0. The second-order valence-corrected chi connectivity index (χ2v) is 7.21. The van der Waals surface area contributed by atoms with E-state index in [-0.39, 0.29) is 17.9 Å². The molecule has 0 saturated carbocycles. The maximum absolute atomic E-state index is 13.3. The molecule has 9 nitrogen and oxygen atoms in total. The van der Waals surface area contributed by atoms with Crippen molar-refractivity contribution in [3.05, 3.63) is 103 Å². The Morgan fingerprint density at radius 1 is 1.03 bits per heavy atom. The van der Waals surface area contributed by atoms with E-state index in [0.717, 1.165) is 15.2 Å². The van der Waals surface area contributed by atoms with Crippen molar-refractivity contribution in [1.82, 2.24) is 18.7 Å². The van der Waals surface area contributed by atoms with Crippen molar-refractivity contribution in [2.45, 2.75) is 6.54 Å². The highest BCUT2D eigenvalue weighted by atomic mass is 19.1. The minimum atomic E-state index is -0.781. The first-order chi connectivity index (χ1) is 15.3. The number of amides is 1. The van der Waals surface area contributed by atoms with Crippen LogP contribution in [0.3, 0.4) is 0 Å². The van der Waals surface area contributed by atoms with Crippen LogP contribution < -0.4 is 22.1 Å². The minimum Gasteiger partial charge on any atom is -0.308 e. The number of halogens is 1. The van der Waals surface area contributed by atoms with Gasteiger partial charge >= 0.3 is 5.69 Å². The highest BCUT2D eigenvalue weighted by Crippen LogP contribution is 2.14. The van der Waals surface area contributed by atoms with Gasteiger partial charge in [0, 0.05) is 31.7 Å². The van der Waals surface area contributed by atoms with Crippen LogP contribution in [0, 0.1) is 5.82 Å². The number of hydrogen-bond donors (Lipinski definition) is 1. The van der Waals surface area contributed by atoms with Crippen LogP contribution in [-0.2, 0) is 20.6 Å². The first-order valence-corrected chi connectivity index (χ1v) is 9.57. The lowest BCUT2D eigenvalue weighted by Crippen LogP contribution is -2.38. The van der Waals surface area contributed by atoms with Gasteiger partial charge in [-0.15, -0.1) is 0 Å². The van der Waals surface area contributed by atoms with Crippen molar-refractivity contribution in [2.75, 3.05) is 5.32 Å². The van der Waals surface area contributed by atoms with Crippen molar-refractivity contribution < 1.29 is 9.18 Å². The molecule has 10 heteroatoms. The van der Waals surface area contributed by atoms with Crippen LogP contribution in [-0.4, -0.2) is 24.6 Å². The number of pyridine rings is 2. The molecule has 4 aromatic rings. The topological polar surface area (TPSA) is 108 Å². The molecule has 0 saturated heterocycles. The SMILES string of the molecule is Cn1c(NC(=O)c2cc3cccnc3n(Cc3ccc(F)cc3)c2=O)cc(=O)n(C)c1=O. The van der Waals surface area contributed by atoms with E-state index >= 15 is 0 Å². The number of benzene rings is 1. The number of aromatic nitrogens is 4. The Kier molecular flexibility index (Phi) is 5.27. The summed E-state index contributed by atoms with van der Waals surface area (Å²) < 4.78 is 16.6. The summed E-state index contributed by atoms with van der Waals surface area (Å²) in [5.41, 5.74) is -1.03. The minimum absolute atomic E-state index is 0.0427. The van der Waals surface area contributed by atoms with Crippen molar-refractivity contribution in [1.29, 1.82) is 0 Å². The first-order valence-electron chi connectivity index (χ1n) is 9.57. The third kappa shape index (κ3) is 3.73. The number of carbonyl (C=O) groups excluding carboxylic acids is 1. The predicted molar refractivity (Wildman–Crippen MR) is 116 cm³/mol. The van der Waals surface area contributed by atoms with Gasteiger partial charge in [0.1, 0.15) is 22.8 Å². The molecule has 3 heterocycles. The van der Waals surface area contributed by atoms with E-state index in [1.807, 2.05) is 0 Å². The van der Waals surface area contributed by atoms with Crippen LogP contribution in [0.25, 0.3) is 11.0 Å². The van der Waals surface area contributed by atoms with Crippen LogP contribution in [0.4, 0.5) is 10.2 Å². The van der Waals surface area contributed by atoms with Crippen molar-refractivity contribution >= 4 is 22.8 Å². The third-order valence-corrected chi connectivity index (χ3v) is 5.11. The van der Waals surface area contributed by atoms with Crippen molar-refractivity contribution in [2.24, 2.45) is 14.1 Å². The summed E-state index contributed by atoms with van der Waals surface area (Å²) in [6, 6.07) is 11.5. The average Bonchev–Trinajstić information content (AvgIpc) is 2.79. The Hall–Kier alpha value is -4.34. The van der Waals surface area contributed by atoms with E-state index in [1.165, 1.54) is 43.1 Å². The summed E-state index contributed by atoms with van der Waals surface area (Å²) in [4.78, 5) is 54.5. The third-order valence-electron chi connectivity index (χ3n) is 5.11. The van der Waals surface area contributed by atoms with E-state index in [2.05, 4.69) is 10.3 Å². The Labute approximate surface area is 180 Å². The maximum atomic E-state index is 13.3. The number of nitrogens with zero attached hydrogens (tertiary/aromatic N) is 4. The molecule has 0 fully saturated rings. The molecule has 0 spiro atoms. The number of hydrogen-bond acceptors (Lipinski definition) is 5. The number of carbonyl (C=O) groups is 1. The monoisotopic (exact) mass is 435 g/mol. The lowest BCUT2D eigenvalue weighted by Gasteiger charge is -2.14. The van der Waals surface area contributed by atoms with Gasteiger partial charge in [-0.3, -0.25) is 28.1 Å². The van der Waals surface area contributed by atoms with Crippen LogP contribution in [0.2, 0.25) is 0 Å². The van der Waals surface area contributed by atoms with Gasteiger partial charge in [0.05, 0.1) is 6.54 Å². The molecule has 1 amide bonds. The Morgan fingerprint density at radius 2 is 1.75 bits per heavy atom. The van der Waals surface area contributed by atoms with Gasteiger partial charge in [0.15, 0.2) is 0 Å². The fourth-order valence-corrected chi connectivity index (χ4v) is 3.32. The fourth-order valence-electron chi connectivity index (χ4n) is 3.32. The molecule has 1 N–H and O–H groups in total. The summed E-state index contributed by atoms with van der Waals surface area (Å²) >= 11 is 0. The molecular weight excluding hydrogens is 417 g/mol. The van der Waals surface area contributed by atoms with E-state index in [9.17, 15) is 23.6 Å². The van der Waals surface area contributed by atoms with E-state index in [4.69, 9.17) is 0 Å². The Bertz CT molecular complexity index is 1530. The fraction of sp³-hybridized carbons (Fsp3) is 0.136. The normalized spacial score (nSPS) is 11.0. The summed E-state index contributed by atoms with van der Waals surface area (Å²) in [6.07, 6.45) is 1.53. The molecule has 0 aliphatic heterocycles. The molecule has 1 aromatic carbocycles. The quantitative estimate of drug-likeness (QED) is 0.519. The van der Waals surface area contributed by atoms with Gasteiger partial charge < -0.3 is 5.32 Å². The van der Waals surface area contributed by atoms with Gasteiger partial charge in [-0.05, 0) is 35.9 Å². The molecule has 3 aromatic heterocycles. The summed E-state index contributed by atoms with van der Waals surface area (Å²) in [5, 5.41) is 3.01. The maximum Gasteiger partial charge on any atom is 0.332 e. The smallest absolute Gasteiger partial charge is 0.308 e. The van der Waals surface area contributed by atoms with Gasteiger partial charge in [-0.2, -0.15) is 0 Å². The lowest BCUT2D eigenvalue weighted by molar-refractivity contribution is 0.102. The molecule has 0 atom stereocenters. The second-order valence-electron chi connectivity index (χ2n) is 7.21. The van der Waals surface area contributed by atoms with Gasteiger partial charge in [0.2, 0.25) is 0 Å². The van der Waals surface area contributed by atoms with Crippen LogP contribution in [0.5, 0.6) is 0 Å².